The summed E-state index contributed by atoms with van der Waals surface area (Å²) in [5, 5.41) is 2.40. The van der Waals surface area contributed by atoms with E-state index in [4.69, 9.17) is 6.85 Å². The second-order valence-electron chi connectivity index (χ2n) is 12.1. The van der Waals surface area contributed by atoms with Crippen molar-refractivity contribution in [1.29, 1.82) is 0 Å². The highest BCUT2D eigenvalue weighted by Gasteiger charge is 2.46. The van der Waals surface area contributed by atoms with Crippen LogP contribution >= 0.6 is 0 Å². The molecule has 0 fully saturated rings. The molecule has 0 bridgehead atoms. The minimum absolute atomic E-state index is 0.0979. The molecule has 0 N–H and O–H groups in total. The average molecular weight is 617 g/mol. The van der Waals surface area contributed by atoms with Crippen molar-refractivity contribution in [3.8, 4) is 22.3 Å². The first-order valence-electron chi connectivity index (χ1n) is 18.7. The van der Waals surface area contributed by atoms with Gasteiger partial charge in [0, 0.05) is 16.9 Å². The van der Waals surface area contributed by atoms with E-state index in [-0.39, 0.29) is 29.9 Å². The molecule has 0 saturated carbocycles. The zero-order valence-corrected chi connectivity index (χ0v) is 26.1. The molecule has 1 aliphatic rings. The van der Waals surface area contributed by atoms with E-state index >= 15 is 0 Å². The van der Waals surface area contributed by atoms with Crippen LogP contribution in [0.5, 0.6) is 0 Å². The van der Waals surface area contributed by atoms with Gasteiger partial charge < -0.3 is 4.90 Å². The van der Waals surface area contributed by atoms with Gasteiger partial charge in [-0.3, -0.25) is 0 Å². The van der Waals surface area contributed by atoms with Crippen molar-refractivity contribution in [3.05, 3.63) is 222 Å². The summed E-state index contributed by atoms with van der Waals surface area (Å²) in [6.07, 6.45) is 0. The summed E-state index contributed by atoms with van der Waals surface area (Å²) in [6.45, 7) is 0. The smallest absolute Gasteiger partial charge is 0.0713 e. The second kappa shape index (κ2) is 11.6. The molecule has 0 heterocycles. The fourth-order valence-corrected chi connectivity index (χ4v) is 7.57. The maximum Gasteiger partial charge on any atom is 0.0713 e. The van der Waals surface area contributed by atoms with Gasteiger partial charge in [0.25, 0.3) is 0 Å². The molecule has 0 radical (unpaired) electrons. The van der Waals surface area contributed by atoms with Gasteiger partial charge in [-0.15, -0.1) is 0 Å². The Morgan fingerprint density at radius 3 is 1.75 bits per heavy atom. The van der Waals surface area contributed by atoms with Crippen LogP contribution in [0.1, 0.15) is 29.1 Å². The quantitative estimate of drug-likeness (QED) is 0.180. The third-order valence-electron chi connectivity index (χ3n) is 9.62. The summed E-state index contributed by atoms with van der Waals surface area (Å²) in [5.74, 6) is 0. The second-order valence-corrected chi connectivity index (χ2v) is 12.1. The van der Waals surface area contributed by atoms with Gasteiger partial charge in [0.05, 0.1) is 18.0 Å². The van der Waals surface area contributed by atoms with Crippen LogP contribution in [-0.2, 0) is 5.41 Å². The van der Waals surface area contributed by atoms with Crippen molar-refractivity contribution in [2.45, 2.75) is 5.41 Å². The predicted octanol–water partition coefficient (Wildman–Crippen LogP) is 12.3. The Labute approximate surface area is 289 Å². The molecule has 9 rings (SSSR count). The SMILES string of the molecule is [2H]c1c([2H])c([2H])c(N(c2ccccc2)c2ccccc2-c2ccc(C3(c4ccccc4)c4ccccc4-c4cc5ccccc5cc43)cc2)c([2H])c1[2H]. The highest BCUT2D eigenvalue weighted by atomic mass is 15.1. The molecule has 0 aromatic heterocycles. The number of benzene rings is 8. The third-order valence-corrected chi connectivity index (χ3v) is 9.62. The van der Waals surface area contributed by atoms with Gasteiger partial charge in [-0.25, -0.2) is 0 Å². The summed E-state index contributed by atoms with van der Waals surface area (Å²) < 4.78 is 43.1. The topological polar surface area (TPSA) is 3.24 Å². The summed E-state index contributed by atoms with van der Waals surface area (Å²) >= 11 is 0. The summed E-state index contributed by atoms with van der Waals surface area (Å²) in [5.41, 5.74) is 9.97. The average Bonchev–Trinajstić information content (AvgIpc) is 3.50. The van der Waals surface area contributed by atoms with Gasteiger partial charge >= 0.3 is 0 Å². The van der Waals surface area contributed by atoms with Crippen molar-refractivity contribution in [3.63, 3.8) is 0 Å². The minimum atomic E-state index is -0.571. The van der Waals surface area contributed by atoms with E-state index in [1.165, 1.54) is 38.6 Å². The van der Waals surface area contributed by atoms with E-state index < -0.39 is 11.5 Å². The van der Waals surface area contributed by atoms with E-state index in [2.05, 4.69) is 115 Å². The predicted molar refractivity (Wildman–Crippen MR) is 201 cm³/mol. The van der Waals surface area contributed by atoms with Crippen molar-refractivity contribution in [2.24, 2.45) is 0 Å². The van der Waals surface area contributed by atoms with E-state index in [0.29, 0.717) is 11.4 Å². The van der Waals surface area contributed by atoms with Crippen LogP contribution in [-0.4, -0.2) is 0 Å². The molecule has 226 valence electrons. The number of para-hydroxylation sites is 3. The molecule has 0 aliphatic heterocycles. The molecule has 1 nitrogen and oxygen atoms in total. The zero-order valence-electron chi connectivity index (χ0n) is 31.1. The molecular weight excluding hydrogens is 579 g/mol. The summed E-state index contributed by atoms with van der Waals surface area (Å²) in [4.78, 5) is 1.78. The van der Waals surface area contributed by atoms with Crippen LogP contribution in [0.15, 0.2) is 200 Å². The standard InChI is InChI=1S/C47H33N/c1-4-18-37(19-5-1)47(44-26-14-12-25-42(44)43-32-35-16-10-11-17-36(35)33-45(43)47)38-30-28-34(29-31-38)41-24-13-15-27-46(41)48(39-20-6-2-7-21-39)40-22-8-3-9-23-40/h1-33H/i2D,6D,7D,20D,21D. The molecule has 48 heavy (non-hydrogen) atoms. The van der Waals surface area contributed by atoms with E-state index in [1.54, 1.807) is 4.90 Å². The molecule has 1 unspecified atom stereocenters. The monoisotopic (exact) mass is 616 g/mol. The number of rotatable bonds is 6. The maximum atomic E-state index is 8.92. The fraction of sp³-hybridized carbons (Fsp3) is 0.0213. The van der Waals surface area contributed by atoms with Crippen LogP contribution in [0.4, 0.5) is 17.1 Å². The lowest BCUT2D eigenvalue weighted by Crippen LogP contribution is -2.28. The molecule has 1 heteroatoms. The molecular formula is C47H33N. The molecule has 0 saturated heterocycles. The molecule has 1 atom stereocenters. The molecule has 1 aliphatic carbocycles. The Balaban J connectivity index is 1.26. The lowest BCUT2D eigenvalue weighted by atomic mass is 9.67. The Bertz CT molecular complexity index is 2650. The third kappa shape index (κ3) is 4.40. The van der Waals surface area contributed by atoms with Crippen molar-refractivity contribution in [1.82, 2.24) is 0 Å². The van der Waals surface area contributed by atoms with Gasteiger partial charge in [0.15, 0.2) is 0 Å². The van der Waals surface area contributed by atoms with Gasteiger partial charge in [-0.05, 0) is 92.1 Å². The van der Waals surface area contributed by atoms with Gasteiger partial charge in [-0.1, -0.05) is 158 Å². The fourth-order valence-electron chi connectivity index (χ4n) is 7.57. The number of nitrogens with zero attached hydrogens (tertiary/aromatic N) is 1. The summed E-state index contributed by atoms with van der Waals surface area (Å²) in [7, 11) is 0. The minimum Gasteiger partial charge on any atom is -0.310 e. The van der Waals surface area contributed by atoms with Crippen molar-refractivity contribution < 1.29 is 6.85 Å². The van der Waals surface area contributed by atoms with Crippen LogP contribution in [0.25, 0.3) is 33.0 Å². The largest absolute Gasteiger partial charge is 0.310 e. The lowest BCUT2D eigenvalue weighted by Gasteiger charge is -2.34. The summed E-state index contributed by atoms with van der Waals surface area (Å²) in [6, 6.07) is 57.0. The molecule has 0 spiro atoms. The maximum absolute atomic E-state index is 8.92. The Morgan fingerprint density at radius 2 is 1.00 bits per heavy atom. The van der Waals surface area contributed by atoms with Gasteiger partial charge in [0.2, 0.25) is 0 Å². The molecule has 8 aromatic carbocycles. The van der Waals surface area contributed by atoms with E-state index in [9.17, 15) is 0 Å². The lowest BCUT2D eigenvalue weighted by molar-refractivity contribution is 0.769. The van der Waals surface area contributed by atoms with Crippen LogP contribution in [0.3, 0.4) is 0 Å². The highest BCUT2D eigenvalue weighted by molar-refractivity contribution is 5.96. The zero-order chi connectivity index (χ0) is 36.3. The number of fused-ring (bicyclic) bond motifs is 4. The van der Waals surface area contributed by atoms with Crippen LogP contribution in [0, 0.1) is 0 Å². The molecule has 8 aromatic rings. The number of anilines is 3. The number of hydrogen-bond acceptors (Lipinski definition) is 1. The van der Waals surface area contributed by atoms with Crippen LogP contribution < -0.4 is 4.90 Å². The van der Waals surface area contributed by atoms with E-state index in [1.807, 2.05) is 54.6 Å². The first-order chi connectivity index (χ1) is 25.9. The van der Waals surface area contributed by atoms with Gasteiger partial charge in [0.1, 0.15) is 0 Å². The highest BCUT2D eigenvalue weighted by Crippen LogP contribution is 2.57. The first-order valence-corrected chi connectivity index (χ1v) is 16.2. The van der Waals surface area contributed by atoms with Gasteiger partial charge in [-0.2, -0.15) is 0 Å². The van der Waals surface area contributed by atoms with Crippen molar-refractivity contribution >= 4 is 27.8 Å². The van der Waals surface area contributed by atoms with Crippen molar-refractivity contribution in [2.75, 3.05) is 4.90 Å². The number of hydrogen-bond donors (Lipinski definition) is 0. The first kappa shape index (κ1) is 23.2. The molecule has 0 amide bonds. The van der Waals surface area contributed by atoms with E-state index in [0.717, 1.165) is 16.7 Å². The van der Waals surface area contributed by atoms with Crippen LogP contribution in [0.2, 0.25) is 0 Å². The Hall–Kier alpha value is -6.18. The normalized spacial score (nSPS) is 16.2. The Morgan fingerprint density at radius 1 is 0.417 bits per heavy atom. The Kier molecular flexibility index (Phi) is 5.59.